The van der Waals surface area contributed by atoms with Gasteiger partial charge in [0.05, 0.1) is 18.0 Å². The van der Waals surface area contributed by atoms with Gasteiger partial charge in [-0.1, -0.05) is 12.1 Å². The maximum atomic E-state index is 12.3. The number of benzene rings is 1. The molecule has 8 nitrogen and oxygen atoms in total. The predicted octanol–water partition coefficient (Wildman–Crippen LogP) is -1.89. The number of sulfonamides is 1. The maximum absolute atomic E-state index is 12.3. The molecular formula is C11H16N4O4S. The van der Waals surface area contributed by atoms with E-state index in [-0.39, 0.29) is 11.4 Å². The van der Waals surface area contributed by atoms with Crippen LogP contribution in [-0.2, 0) is 26.2 Å². The second kappa shape index (κ2) is 6.46. The lowest BCUT2D eigenvalue weighted by molar-refractivity contribution is -0.120. The largest absolute Gasteiger partial charge is 0.369 e. The highest BCUT2D eigenvalue weighted by Crippen LogP contribution is 2.16. The van der Waals surface area contributed by atoms with Gasteiger partial charge in [-0.2, -0.15) is 4.31 Å². The number of hydrogen-bond donors (Lipinski definition) is 3. The molecule has 0 spiro atoms. The number of amides is 2. The van der Waals surface area contributed by atoms with E-state index in [0.717, 1.165) is 0 Å². The number of carbonyl (C=O) groups is 2. The minimum Gasteiger partial charge on any atom is -0.369 e. The van der Waals surface area contributed by atoms with Crippen molar-refractivity contribution in [2.24, 2.45) is 17.2 Å². The first kappa shape index (κ1) is 16.1. The van der Waals surface area contributed by atoms with Crippen molar-refractivity contribution < 1.29 is 18.0 Å². The molecule has 0 fully saturated rings. The van der Waals surface area contributed by atoms with Crippen LogP contribution in [-0.4, -0.2) is 37.6 Å². The van der Waals surface area contributed by atoms with Crippen molar-refractivity contribution in [1.82, 2.24) is 4.31 Å². The molecule has 9 heteroatoms. The van der Waals surface area contributed by atoms with Crippen molar-refractivity contribution >= 4 is 21.8 Å². The van der Waals surface area contributed by atoms with Crippen LogP contribution < -0.4 is 17.2 Å². The molecule has 1 rings (SSSR count). The van der Waals surface area contributed by atoms with Crippen molar-refractivity contribution in [3.8, 4) is 0 Å². The van der Waals surface area contributed by atoms with Gasteiger partial charge in [-0.05, 0) is 17.7 Å². The van der Waals surface area contributed by atoms with Crippen LogP contribution in [0.5, 0.6) is 0 Å². The van der Waals surface area contributed by atoms with E-state index in [1.54, 1.807) is 6.07 Å². The van der Waals surface area contributed by atoms with Crippen molar-refractivity contribution in [1.29, 1.82) is 0 Å². The van der Waals surface area contributed by atoms with Crippen LogP contribution in [0.4, 0.5) is 0 Å². The third-order valence-corrected chi connectivity index (χ3v) is 4.22. The highest BCUT2D eigenvalue weighted by Gasteiger charge is 2.27. The minimum atomic E-state index is -4.05. The van der Waals surface area contributed by atoms with E-state index < -0.39 is 34.9 Å². The Labute approximate surface area is 116 Å². The molecule has 0 saturated carbocycles. The van der Waals surface area contributed by atoms with E-state index in [2.05, 4.69) is 0 Å². The van der Waals surface area contributed by atoms with Gasteiger partial charge >= 0.3 is 0 Å². The number of carbonyl (C=O) groups excluding carboxylic acids is 2. The molecule has 1 aromatic carbocycles. The van der Waals surface area contributed by atoms with E-state index >= 15 is 0 Å². The highest BCUT2D eigenvalue weighted by atomic mass is 32.2. The molecule has 0 aromatic heterocycles. The third kappa shape index (κ3) is 4.02. The molecule has 0 aliphatic carbocycles. The summed E-state index contributed by atoms with van der Waals surface area (Å²) in [4.78, 5) is 21.8. The predicted molar refractivity (Wildman–Crippen MR) is 71.5 cm³/mol. The van der Waals surface area contributed by atoms with Crippen LogP contribution in [0.1, 0.15) is 5.56 Å². The van der Waals surface area contributed by atoms with Gasteiger partial charge in [-0.25, -0.2) is 8.42 Å². The topological polar surface area (TPSA) is 150 Å². The van der Waals surface area contributed by atoms with Gasteiger partial charge in [0.15, 0.2) is 0 Å². The average molecular weight is 300 g/mol. The van der Waals surface area contributed by atoms with E-state index in [4.69, 9.17) is 17.2 Å². The Morgan fingerprint density at radius 3 is 2.10 bits per heavy atom. The molecule has 0 saturated heterocycles. The van der Waals surface area contributed by atoms with E-state index in [9.17, 15) is 18.0 Å². The van der Waals surface area contributed by atoms with Gasteiger partial charge in [0, 0.05) is 6.54 Å². The Kier molecular flexibility index (Phi) is 5.19. The smallest absolute Gasteiger partial charge is 0.244 e. The number of nitrogens with zero attached hydrogens (tertiary/aromatic N) is 1. The Hall–Kier alpha value is -1.97. The molecule has 6 N–H and O–H groups in total. The van der Waals surface area contributed by atoms with Gasteiger partial charge < -0.3 is 17.2 Å². The van der Waals surface area contributed by atoms with Crippen LogP contribution in [0.3, 0.4) is 0 Å². The fourth-order valence-corrected chi connectivity index (χ4v) is 3.00. The standard InChI is InChI=1S/C11H16N4O4S/c12-5-8-2-1-3-9(4-8)20(18,19)15(6-10(13)16)7-11(14)17/h1-4H,5-7,12H2,(H2,13,16)(H2,14,17). The van der Waals surface area contributed by atoms with Crippen molar-refractivity contribution in [3.05, 3.63) is 29.8 Å². The number of nitrogens with two attached hydrogens (primary N) is 3. The molecule has 20 heavy (non-hydrogen) atoms. The Bertz CT molecular complexity index is 599. The summed E-state index contributed by atoms with van der Waals surface area (Å²) in [6.45, 7) is -1.09. The Morgan fingerprint density at radius 1 is 1.10 bits per heavy atom. The first-order valence-electron chi connectivity index (χ1n) is 5.63. The van der Waals surface area contributed by atoms with Crippen molar-refractivity contribution in [2.75, 3.05) is 13.1 Å². The number of rotatable bonds is 7. The molecular weight excluding hydrogens is 284 g/mol. The molecule has 0 aliphatic rings. The van der Waals surface area contributed by atoms with Crippen LogP contribution in [0.25, 0.3) is 0 Å². The maximum Gasteiger partial charge on any atom is 0.244 e. The number of primary amides is 2. The second-order valence-corrected chi connectivity index (χ2v) is 6.00. The quantitative estimate of drug-likeness (QED) is 0.538. The van der Waals surface area contributed by atoms with Crippen LogP contribution in [0.15, 0.2) is 29.2 Å². The molecule has 0 bridgehead atoms. The molecule has 0 radical (unpaired) electrons. The fourth-order valence-electron chi connectivity index (χ4n) is 1.56. The van der Waals surface area contributed by atoms with E-state index in [1.165, 1.54) is 18.2 Å². The van der Waals surface area contributed by atoms with Crippen LogP contribution >= 0.6 is 0 Å². The zero-order valence-electron chi connectivity index (χ0n) is 10.7. The van der Waals surface area contributed by atoms with Gasteiger partial charge in [0.1, 0.15) is 0 Å². The normalized spacial score (nSPS) is 11.5. The molecule has 2 amide bonds. The SMILES string of the molecule is NCc1cccc(S(=O)(=O)N(CC(N)=O)CC(N)=O)c1. The molecule has 1 aromatic rings. The zero-order chi connectivity index (χ0) is 15.3. The second-order valence-electron chi connectivity index (χ2n) is 4.06. The highest BCUT2D eigenvalue weighted by molar-refractivity contribution is 7.89. The molecule has 0 unspecified atom stereocenters. The summed E-state index contributed by atoms with van der Waals surface area (Å²) in [5.74, 6) is -1.77. The Balaban J connectivity index is 3.20. The lowest BCUT2D eigenvalue weighted by Gasteiger charge is -2.19. The summed E-state index contributed by atoms with van der Waals surface area (Å²) in [7, 11) is -4.05. The van der Waals surface area contributed by atoms with Gasteiger partial charge in [-0.15, -0.1) is 0 Å². The molecule has 110 valence electrons. The first-order chi connectivity index (χ1) is 9.27. The monoisotopic (exact) mass is 300 g/mol. The molecule has 0 heterocycles. The zero-order valence-corrected chi connectivity index (χ0v) is 11.5. The summed E-state index contributed by atoms with van der Waals surface area (Å²) in [6.07, 6.45) is 0. The summed E-state index contributed by atoms with van der Waals surface area (Å²) < 4.78 is 25.3. The minimum absolute atomic E-state index is 0.0806. The van der Waals surface area contributed by atoms with Crippen molar-refractivity contribution in [3.63, 3.8) is 0 Å². The summed E-state index contributed by atoms with van der Waals surface area (Å²) in [5.41, 5.74) is 16.0. The van der Waals surface area contributed by atoms with Crippen LogP contribution in [0.2, 0.25) is 0 Å². The van der Waals surface area contributed by atoms with Gasteiger partial charge in [0.25, 0.3) is 0 Å². The van der Waals surface area contributed by atoms with E-state index in [1.807, 2.05) is 0 Å². The molecule has 0 aliphatic heterocycles. The first-order valence-corrected chi connectivity index (χ1v) is 7.07. The summed E-state index contributed by atoms with van der Waals surface area (Å²) >= 11 is 0. The number of hydrogen-bond acceptors (Lipinski definition) is 5. The Morgan fingerprint density at radius 2 is 1.65 bits per heavy atom. The van der Waals surface area contributed by atoms with Gasteiger partial charge in [-0.3, -0.25) is 9.59 Å². The third-order valence-electron chi connectivity index (χ3n) is 2.44. The summed E-state index contributed by atoms with van der Waals surface area (Å²) in [5, 5.41) is 0. The van der Waals surface area contributed by atoms with E-state index in [0.29, 0.717) is 9.87 Å². The lowest BCUT2D eigenvalue weighted by atomic mass is 10.2. The van der Waals surface area contributed by atoms with Gasteiger partial charge in [0.2, 0.25) is 21.8 Å². The fraction of sp³-hybridized carbons (Fsp3) is 0.273. The summed E-state index contributed by atoms with van der Waals surface area (Å²) in [6, 6.07) is 5.88. The van der Waals surface area contributed by atoms with Crippen LogP contribution in [0, 0.1) is 0 Å². The molecule has 0 atom stereocenters. The lowest BCUT2D eigenvalue weighted by Crippen LogP contribution is -2.43. The average Bonchev–Trinajstić information content (AvgIpc) is 2.37. The van der Waals surface area contributed by atoms with Crippen molar-refractivity contribution in [2.45, 2.75) is 11.4 Å².